The molecular formula is C56H99NO5. The van der Waals surface area contributed by atoms with Crippen LogP contribution >= 0.6 is 0 Å². The van der Waals surface area contributed by atoms with Crippen LogP contribution in [0.3, 0.4) is 0 Å². The van der Waals surface area contributed by atoms with Gasteiger partial charge in [-0.15, -0.1) is 0 Å². The number of carbonyl (C=O) groups excluding carboxylic acids is 2. The van der Waals surface area contributed by atoms with Gasteiger partial charge in [-0.05, 0) is 70.6 Å². The maximum atomic E-state index is 13.2. The van der Waals surface area contributed by atoms with Gasteiger partial charge < -0.3 is 20.3 Å². The van der Waals surface area contributed by atoms with E-state index in [1.807, 2.05) is 12.2 Å². The van der Waals surface area contributed by atoms with Crippen LogP contribution < -0.4 is 5.32 Å². The lowest BCUT2D eigenvalue weighted by molar-refractivity contribution is -0.150. The zero-order chi connectivity index (χ0) is 45.2. The molecule has 0 aromatic rings. The summed E-state index contributed by atoms with van der Waals surface area (Å²) in [6.07, 6.45) is 62.7. The molecule has 0 saturated carbocycles. The van der Waals surface area contributed by atoms with Gasteiger partial charge in [0, 0.05) is 12.8 Å². The van der Waals surface area contributed by atoms with Crippen LogP contribution in [-0.4, -0.2) is 46.9 Å². The van der Waals surface area contributed by atoms with Crippen LogP contribution in [0.15, 0.2) is 72.9 Å². The number of amides is 1. The number of nitrogens with one attached hydrogen (secondary N) is 1. The summed E-state index contributed by atoms with van der Waals surface area (Å²) >= 11 is 0. The molecule has 0 aromatic carbocycles. The van der Waals surface area contributed by atoms with E-state index in [4.69, 9.17) is 4.74 Å². The zero-order valence-corrected chi connectivity index (χ0v) is 40.7. The van der Waals surface area contributed by atoms with Crippen molar-refractivity contribution in [3.8, 4) is 0 Å². The summed E-state index contributed by atoms with van der Waals surface area (Å²) in [5.41, 5.74) is 0. The average Bonchev–Trinajstić information content (AvgIpc) is 3.26. The summed E-state index contributed by atoms with van der Waals surface area (Å²) in [6.45, 7) is 6.32. The molecule has 0 radical (unpaired) electrons. The summed E-state index contributed by atoms with van der Waals surface area (Å²) in [5, 5.41) is 23.6. The zero-order valence-electron chi connectivity index (χ0n) is 40.7. The Morgan fingerprint density at radius 3 is 1.35 bits per heavy atom. The first-order valence-corrected chi connectivity index (χ1v) is 26.2. The van der Waals surface area contributed by atoms with Crippen molar-refractivity contribution in [2.45, 2.75) is 264 Å². The van der Waals surface area contributed by atoms with Crippen LogP contribution in [0.1, 0.15) is 245 Å². The predicted octanol–water partition coefficient (Wildman–Crippen LogP) is 15.8. The Bertz CT molecular complexity index is 1150. The molecule has 0 rings (SSSR count). The lowest BCUT2D eigenvalue weighted by Crippen LogP contribution is -2.46. The largest absolute Gasteiger partial charge is 0.461 e. The van der Waals surface area contributed by atoms with E-state index in [1.54, 1.807) is 0 Å². The molecule has 0 spiro atoms. The van der Waals surface area contributed by atoms with Gasteiger partial charge in [-0.2, -0.15) is 0 Å². The number of hydrogen-bond donors (Lipinski definition) is 3. The number of esters is 1. The average molecular weight is 866 g/mol. The number of rotatable bonds is 46. The van der Waals surface area contributed by atoms with E-state index in [1.165, 1.54) is 128 Å². The molecule has 0 aromatic heterocycles. The summed E-state index contributed by atoms with van der Waals surface area (Å²) in [6, 6.07) is -0.733. The Balaban J connectivity index is 4.65. The number of hydrogen-bond acceptors (Lipinski definition) is 5. The molecule has 1 amide bonds. The number of allylic oxidation sites excluding steroid dienone is 11. The van der Waals surface area contributed by atoms with Gasteiger partial charge >= 0.3 is 5.97 Å². The molecule has 0 heterocycles. The molecular weight excluding hydrogens is 767 g/mol. The third kappa shape index (κ3) is 43.9. The quantitative estimate of drug-likeness (QED) is 0.0322. The molecule has 0 aliphatic carbocycles. The second kappa shape index (κ2) is 49.3. The molecule has 6 heteroatoms. The van der Waals surface area contributed by atoms with Gasteiger partial charge in [0.1, 0.15) is 6.10 Å². The molecule has 3 atom stereocenters. The van der Waals surface area contributed by atoms with Crippen LogP contribution in [0.5, 0.6) is 0 Å². The molecule has 0 aliphatic heterocycles. The van der Waals surface area contributed by atoms with Crippen molar-refractivity contribution in [3.05, 3.63) is 72.9 Å². The van der Waals surface area contributed by atoms with E-state index in [0.717, 1.165) is 70.6 Å². The highest BCUT2D eigenvalue weighted by Gasteiger charge is 2.23. The van der Waals surface area contributed by atoms with Crippen LogP contribution in [-0.2, 0) is 14.3 Å². The van der Waals surface area contributed by atoms with Crippen molar-refractivity contribution in [2.75, 3.05) is 6.61 Å². The molecule has 62 heavy (non-hydrogen) atoms. The predicted molar refractivity (Wildman–Crippen MR) is 268 cm³/mol. The maximum absolute atomic E-state index is 13.2. The smallest absolute Gasteiger partial charge is 0.306 e. The second-order valence-electron chi connectivity index (χ2n) is 17.5. The summed E-state index contributed by atoms with van der Waals surface area (Å²) in [7, 11) is 0. The Kier molecular flexibility index (Phi) is 47.2. The fraction of sp³-hybridized carbons (Fsp3) is 0.750. The van der Waals surface area contributed by atoms with Crippen molar-refractivity contribution >= 4 is 11.9 Å². The Labute approximate surface area is 383 Å². The van der Waals surface area contributed by atoms with Crippen molar-refractivity contribution in [1.29, 1.82) is 0 Å². The Morgan fingerprint density at radius 2 is 0.903 bits per heavy atom. The molecule has 6 nitrogen and oxygen atoms in total. The highest BCUT2D eigenvalue weighted by atomic mass is 16.5. The first kappa shape index (κ1) is 59.3. The number of aliphatic hydroxyl groups is 2. The van der Waals surface area contributed by atoms with Gasteiger partial charge in [-0.25, -0.2) is 0 Å². The molecule has 3 N–H and O–H groups in total. The molecule has 0 saturated heterocycles. The first-order chi connectivity index (χ1) is 30.5. The first-order valence-electron chi connectivity index (χ1n) is 26.2. The Hall–Kier alpha value is -2.70. The third-order valence-corrected chi connectivity index (χ3v) is 11.5. The van der Waals surface area contributed by atoms with E-state index in [9.17, 15) is 19.8 Å². The fourth-order valence-electron chi connectivity index (χ4n) is 7.57. The lowest BCUT2D eigenvalue weighted by Gasteiger charge is -2.24. The highest BCUT2D eigenvalue weighted by Crippen LogP contribution is 2.16. The summed E-state index contributed by atoms with van der Waals surface area (Å²) < 4.78 is 5.87. The van der Waals surface area contributed by atoms with Crippen LogP contribution in [0, 0.1) is 0 Å². The van der Waals surface area contributed by atoms with Crippen molar-refractivity contribution in [1.82, 2.24) is 5.32 Å². The number of unbranched alkanes of at least 4 members (excludes halogenated alkanes) is 23. The van der Waals surface area contributed by atoms with Crippen molar-refractivity contribution < 1.29 is 24.5 Å². The maximum Gasteiger partial charge on any atom is 0.306 e. The summed E-state index contributed by atoms with van der Waals surface area (Å²) in [5.74, 6) is -0.583. The molecule has 3 unspecified atom stereocenters. The molecule has 0 bridgehead atoms. The Morgan fingerprint density at radius 1 is 0.500 bits per heavy atom. The third-order valence-electron chi connectivity index (χ3n) is 11.5. The van der Waals surface area contributed by atoms with E-state index < -0.39 is 18.2 Å². The topological polar surface area (TPSA) is 95.9 Å². The van der Waals surface area contributed by atoms with Gasteiger partial charge in [-0.3, -0.25) is 9.59 Å². The van der Waals surface area contributed by atoms with Crippen LogP contribution in [0.4, 0.5) is 0 Å². The molecule has 0 aliphatic rings. The SMILES string of the molecule is CC/C=C\C/C=C\C/C=C\C/C=C\C/C=C\CC(CC(=O)NC(CO)C(O)CCCCCCCCCCC)OC(=O)CCCCCCCCCCC/C=C/CCCCCCCC. The van der Waals surface area contributed by atoms with Gasteiger partial charge in [-0.1, -0.05) is 229 Å². The van der Waals surface area contributed by atoms with Gasteiger partial charge in [0.2, 0.25) is 5.91 Å². The van der Waals surface area contributed by atoms with E-state index >= 15 is 0 Å². The molecule has 358 valence electrons. The fourth-order valence-corrected chi connectivity index (χ4v) is 7.57. The normalized spacial score (nSPS) is 13.8. The monoisotopic (exact) mass is 866 g/mol. The van der Waals surface area contributed by atoms with Gasteiger partial charge in [0.15, 0.2) is 0 Å². The minimum Gasteiger partial charge on any atom is -0.461 e. The standard InChI is InChI=1S/C56H99NO5/c1-4-7-10-13-16-19-21-23-25-26-27-28-30-32-34-37-40-43-46-49-56(61)62-52(47-44-41-38-36-33-31-29-24-22-20-17-14-11-8-5-2)50-55(60)57-53(51-58)54(59)48-45-42-39-35-18-15-12-9-6-3/h8,11,17,20,23-25,29,33,36,41,44,52-54,58-59H,4-7,9-10,12-16,18-19,21-22,26-28,30-32,34-35,37-40,42-43,45-51H2,1-3H3,(H,57,60)/b11-8-,20-17-,25-23+,29-24-,36-33-,44-41-. The minimum atomic E-state index is -0.813. The van der Waals surface area contributed by atoms with Crippen molar-refractivity contribution in [2.24, 2.45) is 0 Å². The van der Waals surface area contributed by atoms with E-state index in [0.29, 0.717) is 19.3 Å². The van der Waals surface area contributed by atoms with Crippen molar-refractivity contribution in [3.63, 3.8) is 0 Å². The highest BCUT2D eigenvalue weighted by molar-refractivity contribution is 5.77. The minimum absolute atomic E-state index is 0.00319. The van der Waals surface area contributed by atoms with Crippen LogP contribution in [0.2, 0.25) is 0 Å². The number of aliphatic hydroxyl groups excluding tert-OH is 2. The van der Waals surface area contributed by atoms with E-state index in [-0.39, 0.29) is 24.9 Å². The van der Waals surface area contributed by atoms with Gasteiger partial charge in [0.25, 0.3) is 0 Å². The van der Waals surface area contributed by atoms with Gasteiger partial charge in [0.05, 0.1) is 25.2 Å². The lowest BCUT2D eigenvalue weighted by atomic mass is 10.0. The number of carbonyl (C=O) groups is 2. The number of ether oxygens (including phenoxy) is 1. The van der Waals surface area contributed by atoms with Crippen LogP contribution in [0.25, 0.3) is 0 Å². The second-order valence-corrected chi connectivity index (χ2v) is 17.5. The summed E-state index contributed by atoms with van der Waals surface area (Å²) in [4.78, 5) is 26.1. The molecule has 0 fully saturated rings. The van der Waals surface area contributed by atoms with E-state index in [2.05, 4.69) is 86.8 Å².